The van der Waals surface area contributed by atoms with Crippen molar-refractivity contribution in [3.8, 4) is 0 Å². The molecule has 23 nitrogen and oxygen atoms in total. The van der Waals surface area contributed by atoms with Crippen LogP contribution in [0.1, 0.15) is 88.2 Å². The van der Waals surface area contributed by atoms with E-state index in [0.717, 1.165) is 6.34 Å². The van der Waals surface area contributed by atoms with Gasteiger partial charge in [-0.2, -0.15) is 0 Å². The number of hydrogen-bond donors (Lipinski definition) is 11. The highest BCUT2D eigenvalue weighted by Crippen LogP contribution is 2.15. The Kier molecular flexibility index (Phi) is 19.4. The maximum atomic E-state index is 13.3. The second-order valence-corrected chi connectivity index (χ2v) is 13.8. The molecule has 23 heteroatoms. The number of aromatic nitrogens is 2. The zero-order valence-corrected chi connectivity index (χ0v) is 32.2. The van der Waals surface area contributed by atoms with Crippen molar-refractivity contribution < 1.29 is 38.2 Å². The summed E-state index contributed by atoms with van der Waals surface area (Å²) in [6.07, 6.45) is 0.610. The van der Waals surface area contributed by atoms with Gasteiger partial charge in [-0.05, 0) is 67.2 Å². The zero-order valence-electron chi connectivity index (χ0n) is 32.2. The van der Waals surface area contributed by atoms with Crippen molar-refractivity contribution >= 4 is 59.7 Å². The van der Waals surface area contributed by atoms with E-state index in [1.807, 2.05) is 0 Å². The lowest BCUT2D eigenvalue weighted by Crippen LogP contribution is -2.49. The average molecular weight is 780 g/mol. The lowest BCUT2D eigenvalue weighted by molar-refractivity contribution is -0.123. The minimum Gasteiger partial charge on any atom is -0.444 e. The van der Waals surface area contributed by atoms with E-state index in [-0.39, 0.29) is 64.5 Å². The first-order valence-corrected chi connectivity index (χ1v) is 17.4. The van der Waals surface area contributed by atoms with Crippen LogP contribution in [0.15, 0.2) is 9.98 Å². The summed E-state index contributed by atoms with van der Waals surface area (Å²) in [6.45, 7) is 10.8. The summed E-state index contributed by atoms with van der Waals surface area (Å²) in [5, 5.41) is 15.3. The number of rotatable bonds is 20. The monoisotopic (exact) mass is 779 g/mol. The number of ether oxygens (including phenoxy) is 2. The van der Waals surface area contributed by atoms with Crippen LogP contribution in [0, 0.1) is 0 Å². The molecule has 1 aromatic heterocycles. The molecule has 1 heterocycles. The predicted octanol–water partition coefficient (Wildman–Crippen LogP) is -2.06. The van der Waals surface area contributed by atoms with Crippen LogP contribution >= 0.6 is 0 Å². The van der Waals surface area contributed by atoms with Gasteiger partial charge in [-0.25, -0.2) is 19.6 Å². The highest BCUT2D eigenvalue weighted by atomic mass is 16.6. The highest BCUT2D eigenvalue weighted by Gasteiger charge is 2.28. The molecule has 0 aromatic carbocycles. The first-order valence-electron chi connectivity index (χ1n) is 17.4. The largest absolute Gasteiger partial charge is 0.444 e. The lowest BCUT2D eigenvalue weighted by atomic mass is 10.1. The molecule has 0 bridgehead atoms. The normalized spacial score (nSPS) is 12.4. The summed E-state index contributed by atoms with van der Waals surface area (Å²) < 4.78 is 10.3. The first-order chi connectivity index (χ1) is 25.6. The summed E-state index contributed by atoms with van der Waals surface area (Å²) in [6, 6.07) is -2.25. The van der Waals surface area contributed by atoms with Crippen LogP contribution < -0.4 is 60.6 Å². The molecule has 0 saturated carbocycles. The van der Waals surface area contributed by atoms with Crippen LogP contribution in [-0.2, 0) is 19.1 Å². The fourth-order valence-corrected chi connectivity index (χ4v) is 4.33. The SMILES string of the molecule is CC(C)(C)OC(=O)NCCNC(=O)C(CCCN=CN)NC(=O)c1nc(N)c(C(=O)NC(CCCN=C(N)N)C(=O)NCCNC(=O)OC(C)(C)C)nc1N. The van der Waals surface area contributed by atoms with E-state index >= 15 is 0 Å². The molecule has 1 aromatic rings. The van der Waals surface area contributed by atoms with Gasteiger partial charge in [0.15, 0.2) is 29.0 Å². The molecule has 55 heavy (non-hydrogen) atoms. The number of carbonyl (C=O) groups is 6. The van der Waals surface area contributed by atoms with Gasteiger partial charge in [0.05, 0.1) is 6.34 Å². The van der Waals surface area contributed by atoms with Gasteiger partial charge in [0, 0.05) is 39.3 Å². The topological polar surface area (TPSA) is 374 Å². The molecule has 1 rings (SSSR count). The predicted molar refractivity (Wildman–Crippen MR) is 205 cm³/mol. The van der Waals surface area contributed by atoms with Crippen LogP contribution in [0.3, 0.4) is 0 Å². The summed E-state index contributed by atoms with van der Waals surface area (Å²) >= 11 is 0. The Labute approximate surface area is 319 Å². The fraction of sp³-hybridized carbons (Fsp3) is 0.625. The fourth-order valence-electron chi connectivity index (χ4n) is 4.33. The first kappa shape index (κ1) is 46.9. The molecule has 0 aliphatic rings. The number of nitrogens with one attached hydrogen (secondary N) is 6. The van der Waals surface area contributed by atoms with E-state index < -0.39 is 82.1 Å². The van der Waals surface area contributed by atoms with Crippen LogP contribution in [0.2, 0.25) is 0 Å². The Morgan fingerprint density at radius 1 is 0.673 bits per heavy atom. The van der Waals surface area contributed by atoms with Gasteiger partial charge >= 0.3 is 12.2 Å². The van der Waals surface area contributed by atoms with E-state index in [0.29, 0.717) is 6.42 Å². The number of guanidine groups is 1. The molecule has 0 aliphatic carbocycles. The highest BCUT2D eigenvalue weighted by molar-refractivity contribution is 6.03. The van der Waals surface area contributed by atoms with E-state index in [9.17, 15) is 28.8 Å². The quantitative estimate of drug-likeness (QED) is 0.0385. The molecule has 16 N–H and O–H groups in total. The van der Waals surface area contributed by atoms with Crippen molar-refractivity contribution in [3.05, 3.63) is 11.4 Å². The van der Waals surface area contributed by atoms with E-state index in [1.165, 1.54) is 0 Å². The van der Waals surface area contributed by atoms with Crippen molar-refractivity contribution in [1.29, 1.82) is 0 Å². The number of anilines is 2. The van der Waals surface area contributed by atoms with Gasteiger partial charge in [0.1, 0.15) is 23.3 Å². The second kappa shape index (κ2) is 22.8. The molecule has 6 amide bonds. The number of amides is 6. The van der Waals surface area contributed by atoms with Gasteiger partial charge in [0.2, 0.25) is 11.8 Å². The summed E-state index contributed by atoms with van der Waals surface area (Å²) in [5.74, 6) is -4.19. The van der Waals surface area contributed by atoms with Crippen molar-refractivity contribution in [1.82, 2.24) is 41.9 Å². The van der Waals surface area contributed by atoms with Crippen LogP contribution in [0.25, 0.3) is 0 Å². The third-order valence-electron chi connectivity index (χ3n) is 6.64. The Hall–Kier alpha value is -6.16. The third kappa shape index (κ3) is 20.0. The zero-order chi connectivity index (χ0) is 41.8. The second-order valence-electron chi connectivity index (χ2n) is 13.8. The average Bonchev–Trinajstić information content (AvgIpc) is 3.06. The third-order valence-corrected chi connectivity index (χ3v) is 6.64. The molecule has 308 valence electrons. The van der Waals surface area contributed by atoms with Crippen LogP contribution in [0.5, 0.6) is 0 Å². The summed E-state index contributed by atoms with van der Waals surface area (Å²) in [5.41, 5.74) is 25.8. The van der Waals surface area contributed by atoms with E-state index in [4.69, 9.17) is 38.1 Å². The number of alkyl carbamates (subject to hydrolysis) is 2. The number of hydrogen-bond acceptors (Lipinski definition) is 14. The minimum absolute atomic E-state index is 0.000726. The molecular weight excluding hydrogens is 722 g/mol. The maximum absolute atomic E-state index is 13.3. The van der Waals surface area contributed by atoms with Gasteiger partial charge in [-0.1, -0.05) is 0 Å². The molecule has 2 atom stereocenters. The van der Waals surface area contributed by atoms with Gasteiger partial charge < -0.3 is 70.0 Å². The van der Waals surface area contributed by atoms with E-state index in [2.05, 4.69) is 51.9 Å². The Balaban J connectivity index is 3.05. The van der Waals surface area contributed by atoms with Crippen molar-refractivity contribution in [2.24, 2.45) is 27.2 Å². The Bertz CT molecular complexity index is 1540. The van der Waals surface area contributed by atoms with Crippen LogP contribution in [0.4, 0.5) is 21.2 Å². The lowest BCUT2D eigenvalue weighted by Gasteiger charge is -2.21. The van der Waals surface area contributed by atoms with Crippen molar-refractivity contribution in [2.75, 3.05) is 50.7 Å². The Morgan fingerprint density at radius 3 is 1.42 bits per heavy atom. The molecular formula is C32H57N15O8. The van der Waals surface area contributed by atoms with E-state index in [1.54, 1.807) is 41.5 Å². The van der Waals surface area contributed by atoms with Gasteiger partial charge in [-0.3, -0.25) is 29.2 Å². The van der Waals surface area contributed by atoms with Crippen LogP contribution in [-0.4, -0.2) is 121 Å². The number of nitrogens with zero attached hydrogens (tertiary/aromatic N) is 4. The molecule has 0 fully saturated rings. The molecule has 0 aliphatic heterocycles. The number of carbonyl (C=O) groups excluding carboxylic acids is 6. The smallest absolute Gasteiger partial charge is 0.407 e. The summed E-state index contributed by atoms with van der Waals surface area (Å²) in [7, 11) is 0. The minimum atomic E-state index is -1.14. The molecule has 0 saturated heterocycles. The van der Waals surface area contributed by atoms with Crippen molar-refractivity contribution in [3.63, 3.8) is 0 Å². The number of nitrogens with two attached hydrogens (primary N) is 5. The Morgan fingerprint density at radius 2 is 1.05 bits per heavy atom. The van der Waals surface area contributed by atoms with Gasteiger partial charge in [-0.15, -0.1) is 0 Å². The summed E-state index contributed by atoms with van der Waals surface area (Å²) in [4.78, 5) is 92.2. The molecule has 0 spiro atoms. The number of aliphatic imine (C=N–C) groups is 2. The van der Waals surface area contributed by atoms with Crippen molar-refractivity contribution in [2.45, 2.75) is 90.5 Å². The molecule has 2 unspecified atom stereocenters. The standard InChI is InChI=1S/C32H57N15O8/c1-31(2,3)54-29(52)42-15-13-39-24(48)18(9-7-11-38-17-33)44-26(50)20-22(34)47-21(23(35)46-20)27(51)45-19(10-8-12-41-28(36)37)25(49)40-14-16-43-30(53)55-32(4,5)6/h17-19H,7-16H2,1-6H3,(H2,33,38)(H2,34,47)(H2,35,46)(H,39,48)(H,40,49)(H,42,52)(H,43,53)(H,44,50)(H,45,51)(H4,36,37,41). The van der Waals surface area contributed by atoms with Gasteiger partial charge in [0.25, 0.3) is 11.8 Å². The maximum Gasteiger partial charge on any atom is 0.407 e. The molecule has 0 radical (unpaired) electrons. The number of nitrogen functional groups attached to an aromatic ring is 2.